The molecule has 1 aliphatic rings. The lowest BCUT2D eigenvalue weighted by Gasteiger charge is -2.18. The summed E-state index contributed by atoms with van der Waals surface area (Å²) >= 11 is 0.868. The predicted octanol–water partition coefficient (Wildman–Crippen LogP) is 3.66. The molecule has 2 aromatic carbocycles. The number of benzene rings is 2. The van der Waals surface area contributed by atoms with Crippen molar-refractivity contribution < 1.29 is 27.6 Å². The van der Waals surface area contributed by atoms with Crippen LogP contribution in [0.5, 0.6) is 0 Å². The van der Waals surface area contributed by atoms with Gasteiger partial charge in [-0.2, -0.15) is 22.9 Å². The molecule has 0 fully saturated rings. The molecule has 5 rings (SSSR count). The molecule has 2 amide bonds. The van der Waals surface area contributed by atoms with Gasteiger partial charge in [-0.15, -0.1) is 10.2 Å². The number of hydrogen-bond acceptors (Lipinski definition) is 8. The Morgan fingerprint density at radius 2 is 1.58 bits per heavy atom. The lowest BCUT2D eigenvalue weighted by molar-refractivity contribution is -0.137. The lowest BCUT2D eigenvalue weighted by Crippen LogP contribution is -2.41. The first-order valence-corrected chi connectivity index (χ1v) is 11.3. The van der Waals surface area contributed by atoms with Crippen molar-refractivity contribution in [1.82, 2.24) is 24.8 Å². The SMILES string of the molecule is O=C(CSc1nnc(-c2cnccn2)n1N1C(=O)c2ccccc2C1=O)c1ccc(C(F)(F)F)cc1. The van der Waals surface area contributed by atoms with E-state index in [-0.39, 0.29) is 39.1 Å². The summed E-state index contributed by atoms with van der Waals surface area (Å²) < 4.78 is 39.6. The highest BCUT2D eigenvalue weighted by Crippen LogP contribution is 2.31. The van der Waals surface area contributed by atoms with Gasteiger partial charge in [0, 0.05) is 18.0 Å². The minimum Gasteiger partial charge on any atom is -0.293 e. The number of imide groups is 1. The van der Waals surface area contributed by atoms with Crippen LogP contribution in [0.25, 0.3) is 11.5 Å². The Morgan fingerprint density at radius 3 is 2.17 bits per heavy atom. The normalized spacial score (nSPS) is 13.2. The van der Waals surface area contributed by atoms with E-state index in [1.54, 1.807) is 12.1 Å². The summed E-state index contributed by atoms with van der Waals surface area (Å²) in [5.41, 5.74) is -0.194. The zero-order valence-corrected chi connectivity index (χ0v) is 18.8. The molecule has 2 aromatic heterocycles. The first kappa shape index (κ1) is 23.4. The van der Waals surface area contributed by atoms with E-state index in [2.05, 4.69) is 20.2 Å². The van der Waals surface area contributed by atoms with Gasteiger partial charge in [0.1, 0.15) is 5.69 Å². The molecule has 9 nitrogen and oxygen atoms in total. The Balaban J connectivity index is 1.47. The fraction of sp³-hybridized carbons (Fsp3) is 0.0870. The van der Waals surface area contributed by atoms with Gasteiger partial charge >= 0.3 is 6.18 Å². The summed E-state index contributed by atoms with van der Waals surface area (Å²) in [5.74, 6) is -1.91. The quantitative estimate of drug-likeness (QED) is 0.220. The summed E-state index contributed by atoms with van der Waals surface area (Å²) in [7, 11) is 0. The molecule has 180 valence electrons. The van der Waals surface area contributed by atoms with Gasteiger partial charge < -0.3 is 0 Å². The van der Waals surface area contributed by atoms with Crippen LogP contribution in [0.15, 0.2) is 72.3 Å². The Kier molecular flexibility index (Phi) is 5.84. The van der Waals surface area contributed by atoms with Crippen molar-refractivity contribution >= 4 is 29.4 Å². The summed E-state index contributed by atoms with van der Waals surface area (Å²) in [6.45, 7) is 0. The molecule has 0 N–H and O–H groups in total. The first-order valence-electron chi connectivity index (χ1n) is 10.3. The minimum absolute atomic E-state index is 0.0328. The molecule has 13 heteroatoms. The van der Waals surface area contributed by atoms with Gasteiger partial charge in [0.05, 0.1) is 28.6 Å². The Bertz CT molecular complexity index is 1450. The highest BCUT2D eigenvalue weighted by molar-refractivity contribution is 7.99. The molecular weight excluding hydrogens is 497 g/mol. The van der Waals surface area contributed by atoms with E-state index in [0.717, 1.165) is 41.0 Å². The smallest absolute Gasteiger partial charge is 0.293 e. The van der Waals surface area contributed by atoms with Crippen LogP contribution in [0.2, 0.25) is 0 Å². The number of rotatable bonds is 6. The number of nitrogens with zero attached hydrogens (tertiary/aromatic N) is 6. The third kappa shape index (κ3) is 4.13. The fourth-order valence-corrected chi connectivity index (χ4v) is 4.34. The van der Waals surface area contributed by atoms with Gasteiger partial charge in [0.25, 0.3) is 11.8 Å². The zero-order valence-electron chi connectivity index (χ0n) is 18.0. The van der Waals surface area contributed by atoms with Gasteiger partial charge in [-0.3, -0.25) is 19.4 Å². The van der Waals surface area contributed by atoms with Crippen molar-refractivity contribution in [2.45, 2.75) is 11.3 Å². The van der Waals surface area contributed by atoms with Gasteiger partial charge in [-0.1, -0.05) is 36.0 Å². The van der Waals surface area contributed by atoms with E-state index in [4.69, 9.17) is 0 Å². The van der Waals surface area contributed by atoms with E-state index in [0.29, 0.717) is 0 Å². The van der Waals surface area contributed by atoms with Crippen molar-refractivity contribution in [2.24, 2.45) is 0 Å². The van der Waals surface area contributed by atoms with Crippen LogP contribution >= 0.6 is 11.8 Å². The summed E-state index contributed by atoms with van der Waals surface area (Å²) in [4.78, 5) is 47.1. The lowest BCUT2D eigenvalue weighted by atomic mass is 10.1. The predicted molar refractivity (Wildman–Crippen MR) is 121 cm³/mol. The average molecular weight is 510 g/mol. The summed E-state index contributed by atoms with van der Waals surface area (Å²) in [6.07, 6.45) is -0.307. The van der Waals surface area contributed by atoms with Gasteiger partial charge in [-0.25, -0.2) is 4.98 Å². The third-order valence-corrected chi connectivity index (χ3v) is 6.16. The number of Topliss-reactive ketones (excluding diaryl/α,β-unsaturated/α-hetero) is 1. The molecule has 1 aliphatic heterocycles. The maximum absolute atomic E-state index is 13.1. The van der Waals surface area contributed by atoms with Crippen molar-refractivity contribution in [2.75, 3.05) is 10.8 Å². The molecule has 0 saturated heterocycles. The number of ketones is 1. The molecule has 0 bridgehead atoms. The summed E-state index contributed by atoms with van der Waals surface area (Å²) in [6, 6.07) is 10.1. The maximum Gasteiger partial charge on any atom is 0.416 e. The van der Waals surface area contributed by atoms with E-state index >= 15 is 0 Å². The zero-order chi connectivity index (χ0) is 25.4. The number of carbonyl (C=O) groups excluding carboxylic acids is 3. The number of hydrogen-bond donors (Lipinski definition) is 0. The molecule has 0 saturated carbocycles. The van der Waals surface area contributed by atoms with Crippen LogP contribution in [-0.2, 0) is 6.18 Å². The highest BCUT2D eigenvalue weighted by Gasteiger charge is 2.40. The number of aromatic nitrogens is 5. The second kappa shape index (κ2) is 9.00. The molecular formula is C23H13F3N6O3S. The van der Waals surface area contributed by atoms with Crippen LogP contribution in [0, 0.1) is 0 Å². The largest absolute Gasteiger partial charge is 0.416 e. The number of carbonyl (C=O) groups is 3. The second-order valence-corrected chi connectivity index (χ2v) is 8.41. The van der Waals surface area contributed by atoms with Crippen LogP contribution in [0.1, 0.15) is 36.6 Å². The number of halogens is 3. The summed E-state index contributed by atoms with van der Waals surface area (Å²) in [5, 5.41) is 8.99. The standard InChI is InChI=1S/C23H13F3N6O3S/c24-23(25,26)14-7-5-13(6-8-14)18(33)12-36-22-30-29-19(17-11-27-9-10-28-17)31(22)32-20(34)15-3-1-2-4-16(15)21(32)35/h1-11H,12H2. The monoisotopic (exact) mass is 510 g/mol. The van der Waals surface area contributed by atoms with E-state index in [1.165, 1.54) is 35.4 Å². The number of amides is 2. The van der Waals surface area contributed by atoms with Crippen LogP contribution < -0.4 is 5.01 Å². The first-order chi connectivity index (χ1) is 17.3. The molecule has 0 unspecified atom stereocenters. The van der Waals surface area contributed by atoms with Gasteiger partial charge in [-0.05, 0) is 24.3 Å². The van der Waals surface area contributed by atoms with Crippen LogP contribution in [0.3, 0.4) is 0 Å². The molecule has 4 aromatic rings. The highest BCUT2D eigenvalue weighted by atomic mass is 32.2. The number of alkyl halides is 3. The van der Waals surface area contributed by atoms with Gasteiger partial charge in [0.2, 0.25) is 11.0 Å². The number of thioether (sulfide) groups is 1. The van der Waals surface area contributed by atoms with Crippen molar-refractivity contribution in [3.63, 3.8) is 0 Å². The number of fused-ring (bicyclic) bond motifs is 1. The molecule has 0 atom stereocenters. The third-order valence-electron chi connectivity index (χ3n) is 5.24. The van der Waals surface area contributed by atoms with E-state index < -0.39 is 29.3 Å². The molecule has 0 spiro atoms. The minimum atomic E-state index is -4.52. The topological polar surface area (TPSA) is 111 Å². The molecule has 0 aliphatic carbocycles. The Hall–Kier alpha value is -4.39. The van der Waals surface area contributed by atoms with Crippen molar-refractivity contribution in [1.29, 1.82) is 0 Å². The molecule has 3 heterocycles. The fourth-order valence-electron chi connectivity index (χ4n) is 3.53. The maximum atomic E-state index is 13.1. The molecule has 0 radical (unpaired) electrons. The van der Waals surface area contributed by atoms with E-state index in [9.17, 15) is 27.6 Å². The second-order valence-electron chi connectivity index (χ2n) is 7.46. The Labute approximate surface area is 205 Å². The Morgan fingerprint density at radius 1 is 0.917 bits per heavy atom. The average Bonchev–Trinajstić information content (AvgIpc) is 3.40. The van der Waals surface area contributed by atoms with Crippen LogP contribution in [0.4, 0.5) is 13.2 Å². The van der Waals surface area contributed by atoms with Crippen molar-refractivity contribution in [3.8, 4) is 11.5 Å². The van der Waals surface area contributed by atoms with Gasteiger partial charge in [0.15, 0.2) is 5.78 Å². The van der Waals surface area contributed by atoms with E-state index in [1.807, 2.05) is 0 Å². The van der Waals surface area contributed by atoms with Crippen molar-refractivity contribution in [3.05, 3.63) is 89.4 Å². The van der Waals surface area contributed by atoms with Crippen LogP contribution in [-0.4, -0.2) is 48.2 Å². The molecule has 36 heavy (non-hydrogen) atoms.